The fourth-order valence-corrected chi connectivity index (χ4v) is 3.06. The summed E-state index contributed by atoms with van der Waals surface area (Å²) in [6.45, 7) is 2.58. The highest BCUT2D eigenvalue weighted by Gasteiger charge is 2.53. The minimum atomic E-state index is -3.43. The molecular formula is C11H20O5S. The van der Waals surface area contributed by atoms with Crippen LogP contribution in [-0.4, -0.2) is 39.3 Å². The third kappa shape index (κ3) is 3.64. The molecule has 0 aromatic heterocycles. The first-order valence-corrected chi connectivity index (χ1v) is 7.91. The van der Waals surface area contributed by atoms with Crippen LogP contribution in [0.15, 0.2) is 0 Å². The van der Waals surface area contributed by atoms with Crippen molar-refractivity contribution in [1.29, 1.82) is 0 Å². The molecule has 2 aliphatic rings. The molecule has 5 nitrogen and oxygen atoms in total. The lowest BCUT2D eigenvalue weighted by Gasteiger charge is -2.29. The third-order valence-corrected chi connectivity index (χ3v) is 3.93. The van der Waals surface area contributed by atoms with Gasteiger partial charge in [-0.05, 0) is 39.0 Å². The van der Waals surface area contributed by atoms with E-state index in [1.54, 1.807) is 0 Å². The van der Waals surface area contributed by atoms with E-state index in [-0.39, 0.29) is 12.4 Å². The average Bonchev–Trinajstić information content (AvgIpc) is 2.98. The van der Waals surface area contributed by atoms with Gasteiger partial charge in [-0.2, -0.15) is 8.42 Å². The predicted molar refractivity (Wildman–Crippen MR) is 62.0 cm³/mol. The van der Waals surface area contributed by atoms with Gasteiger partial charge in [-0.25, -0.2) is 0 Å². The van der Waals surface area contributed by atoms with Crippen molar-refractivity contribution in [3.63, 3.8) is 0 Å². The summed E-state index contributed by atoms with van der Waals surface area (Å²) in [7, 11) is -3.43. The molecule has 1 saturated heterocycles. The quantitative estimate of drug-likeness (QED) is 0.703. The summed E-state index contributed by atoms with van der Waals surface area (Å²) in [6.07, 6.45) is 5.12. The monoisotopic (exact) mass is 264 g/mol. The Hall–Kier alpha value is -0.170. The third-order valence-electron chi connectivity index (χ3n) is 3.29. The predicted octanol–water partition coefficient (Wildman–Crippen LogP) is 1.43. The second-order valence-corrected chi connectivity index (χ2v) is 6.50. The highest BCUT2D eigenvalue weighted by atomic mass is 32.2. The zero-order chi connectivity index (χ0) is 12.5. The molecule has 2 atom stereocenters. The van der Waals surface area contributed by atoms with E-state index in [1.165, 1.54) is 0 Å². The number of rotatable bonds is 5. The van der Waals surface area contributed by atoms with Crippen molar-refractivity contribution in [2.45, 2.75) is 57.0 Å². The van der Waals surface area contributed by atoms with Crippen molar-refractivity contribution in [3.05, 3.63) is 0 Å². The maximum Gasteiger partial charge on any atom is 0.265 e. The van der Waals surface area contributed by atoms with Crippen LogP contribution in [0.3, 0.4) is 0 Å². The minimum absolute atomic E-state index is 0.209. The van der Waals surface area contributed by atoms with Crippen molar-refractivity contribution >= 4 is 10.1 Å². The average molecular weight is 264 g/mol. The Kier molecular flexibility index (Phi) is 3.77. The Balaban J connectivity index is 1.88. The first-order chi connectivity index (χ1) is 7.91. The molecule has 0 aromatic carbocycles. The number of hydrogen-bond acceptors (Lipinski definition) is 5. The molecular weight excluding hydrogens is 244 g/mol. The minimum Gasteiger partial charge on any atom is -0.353 e. The van der Waals surface area contributed by atoms with Gasteiger partial charge in [0, 0.05) is 6.61 Å². The van der Waals surface area contributed by atoms with Gasteiger partial charge in [0.05, 0.1) is 12.4 Å². The SMILES string of the molecule is C[C@H](OC1CCCCO1)C1(OS(C)(=O)=O)CC1. The number of ether oxygens (including phenoxy) is 2. The molecule has 100 valence electrons. The smallest absolute Gasteiger partial charge is 0.265 e. The van der Waals surface area contributed by atoms with Gasteiger partial charge in [0.1, 0.15) is 5.60 Å². The molecule has 0 amide bonds. The first kappa shape index (κ1) is 13.3. The van der Waals surface area contributed by atoms with Crippen LogP contribution in [0.4, 0.5) is 0 Å². The van der Waals surface area contributed by atoms with Crippen molar-refractivity contribution in [2.75, 3.05) is 12.9 Å². The van der Waals surface area contributed by atoms with Crippen molar-refractivity contribution in [2.24, 2.45) is 0 Å². The van der Waals surface area contributed by atoms with Crippen molar-refractivity contribution in [1.82, 2.24) is 0 Å². The van der Waals surface area contributed by atoms with Gasteiger partial charge >= 0.3 is 0 Å². The van der Waals surface area contributed by atoms with Crippen LogP contribution in [0, 0.1) is 0 Å². The Morgan fingerprint density at radius 1 is 1.35 bits per heavy atom. The molecule has 17 heavy (non-hydrogen) atoms. The second-order valence-electron chi connectivity index (χ2n) is 4.93. The summed E-state index contributed by atoms with van der Waals surface area (Å²) in [5.74, 6) is 0. The normalized spacial score (nSPS) is 29.9. The van der Waals surface area contributed by atoms with Crippen LogP contribution in [0.25, 0.3) is 0 Å². The van der Waals surface area contributed by atoms with Gasteiger partial charge in [0.15, 0.2) is 6.29 Å². The lowest BCUT2D eigenvalue weighted by Crippen LogP contribution is -2.37. The highest BCUT2D eigenvalue weighted by molar-refractivity contribution is 7.86. The molecule has 1 aliphatic carbocycles. The Bertz CT molecular complexity index is 354. The van der Waals surface area contributed by atoms with E-state index in [4.69, 9.17) is 13.7 Å². The lowest BCUT2D eigenvalue weighted by molar-refractivity contribution is -0.203. The maximum atomic E-state index is 11.2. The zero-order valence-corrected chi connectivity index (χ0v) is 11.2. The molecule has 1 aliphatic heterocycles. The van der Waals surface area contributed by atoms with E-state index < -0.39 is 15.7 Å². The fourth-order valence-electron chi connectivity index (χ4n) is 2.15. The van der Waals surface area contributed by atoms with Crippen LogP contribution < -0.4 is 0 Å². The van der Waals surface area contributed by atoms with Gasteiger partial charge in [-0.1, -0.05) is 0 Å². The molecule has 0 radical (unpaired) electrons. The summed E-state index contributed by atoms with van der Waals surface area (Å²) < 4.78 is 38.7. The van der Waals surface area contributed by atoms with Crippen LogP contribution in [-0.2, 0) is 23.8 Å². The molecule has 0 bridgehead atoms. The molecule has 0 spiro atoms. The van der Waals surface area contributed by atoms with E-state index >= 15 is 0 Å². The second kappa shape index (κ2) is 4.84. The Morgan fingerprint density at radius 3 is 2.53 bits per heavy atom. The van der Waals surface area contributed by atoms with Crippen LogP contribution >= 0.6 is 0 Å². The molecule has 6 heteroatoms. The van der Waals surface area contributed by atoms with E-state index in [9.17, 15) is 8.42 Å². The Morgan fingerprint density at radius 2 is 2.06 bits per heavy atom. The molecule has 2 fully saturated rings. The highest BCUT2D eigenvalue weighted by Crippen LogP contribution is 2.45. The largest absolute Gasteiger partial charge is 0.353 e. The topological polar surface area (TPSA) is 61.8 Å². The Labute approximate surface area is 103 Å². The van der Waals surface area contributed by atoms with Gasteiger partial charge in [0.2, 0.25) is 0 Å². The van der Waals surface area contributed by atoms with E-state index in [2.05, 4.69) is 0 Å². The number of hydrogen-bond donors (Lipinski definition) is 0. The van der Waals surface area contributed by atoms with Gasteiger partial charge in [-0.15, -0.1) is 0 Å². The van der Waals surface area contributed by atoms with Crippen LogP contribution in [0.5, 0.6) is 0 Å². The van der Waals surface area contributed by atoms with Crippen molar-refractivity contribution in [3.8, 4) is 0 Å². The lowest BCUT2D eigenvalue weighted by atomic mass is 10.2. The van der Waals surface area contributed by atoms with E-state index in [0.29, 0.717) is 0 Å². The van der Waals surface area contributed by atoms with Crippen molar-refractivity contribution < 1.29 is 22.1 Å². The maximum absolute atomic E-state index is 11.2. The summed E-state index contributed by atoms with van der Waals surface area (Å²) >= 11 is 0. The van der Waals surface area contributed by atoms with Gasteiger partial charge < -0.3 is 9.47 Å². The van der Waals surface area contributed by atoms with E-state index in [1.807, 2.05) is 6.92 Å². The summed E-state index contributed by atoms with van der Waals surface area (Å²) in [6, 6.07) is 0. The molecule has 0 aromatic rings. The molecule has 1 heterocycles. The molecule has 1 unspecified atom stereocenters. The van der Waals surface area contributed by atoms with Gasteiger partial charge in [-0.3, -0.25) is 4.18 Å². The first-order valence-electron chi connectivity index (χ1n) is 6.09. The zero-order valence-electron chi connectivity index (χ0n) is 10.3. The van der Waals surface area contributed by atoms with Crippen LogP contribution in [0.1, 0.15) is 39.0 Å². The van der Waals surface area contributed by atoms with E-state index in [0.717, 1.165) is 45.0 Å². The molecule has 0 N–H and O–H groups in total. The van der Waals surface area contributed by atoms with Gasteiger partial charge in [0.25, 0.3) is 10.1 Å². The van der Waals surface area contributed by atoms with Crippen LogP contribution in [0.2, 0.25) is 0 Å². The fraction of sp³-hybridized carbons (Fsp3) is 1.00. The summed E-state index contributed by atoms with van der Waals surface area (Å²) in [5, 5.41) is 0. The molecule has 1 saturated carbocycles. The summed E-state index contributed by atoms with van der Waals surface area (Å²) in [4.78, 5) is 0. The molecule has 2 rings (SSSR count). The summed E-state index contributed by atoms with van der Waals surface area (Å²) in [5.41, 5.74) is -0.644. The standard InChI is InChI=1S/C11H20O5S/c1-9(15-10-5-3-4-8-14-10)11(6-7-11)16-17(2,12)13/h9-10H,3-8H2,1-2H3/t9-,10?/m0/s1.